The summed E-state index contributed by atoms with van der Waals surface area (Å²) >= 11 is 5.76. The Balaban J connectivity index is 2.42. The Morgan fingerprint density at radius 1 is 1.19 bits per heavy atom. The second-order valence-electron chi connectivity index (χ2n) is 4.89. The third kappa shape index (κ3) is 3.55. The first-order valence-corrected chi connectivity index (χ1v) is 7.27. The number of methoxy groups -OCH3 is 1. The number of halogens is 2. The van der Waals surface area contributed by atoms with Crippen molar-refractivity contribution in [1.29, 1.82) is 0 Å². The molecule has 2 aromatic rings. The molecular formula is C17H19ClFNO. The Kier molecular flexibility index (Phi) is 5.21. The van der Waals surface area contributed by atoms with Crippen LogP contribution in [0.5, 0.6) is 5.75 Å². The molecule has 4 heteroatoms. The Morgan fingerprint density at radius 3 is 2.43 bits per heavy atom. The molecule has 0 saturated heterocycles. The summed E-state index contributed by atoms with van der Waals surface area (Å²) in [6.45, 7) is 4.80. The molecule has 1 atom stereocenters. The number of rotatable bonds is 5. The van der Waals surface area contributed by atoms with E-state index in [2.05, 4.69) is 11.4 Å². The van der Waals surface area contributed by atoms with Gasteiger partial charge in [-0.15, -0.1) is 0 Å². The topological polar surface area (TPSA) is 21.3 Å². The Bertz CT molecular complexity index is 630. The lowest BCUT2D eigenvalue weighted by Crippen LogP contribution is -2.22. The fraction of sp³-hybridized carbons (Fsp3) is 0.294. The van der Waals surface area contributed by atoms with Gasteiger partial charge in [-0.25, -0.2) is 4.39 Å². The summed E-state index contributed by atoms with van der Waals surface area (Å²) in [5, 5.41) is 3.51. The van der Waals surface area contributed by atoms with Gasteiger partial charge in [0.25, 0.3) is 0 Å². The molecule has 2 aromatic carbocycles. The van der Waals surface area contributed by atoms with Crippen LogP contribution in [0.2, 0.25) is 5.02 Å². The van der Waals surface area contributed by atoms with Crippen LogP contribution in [-0.2, 0) is 0 Å². The first-order chi connectivity index (χ1) is 10.1. The largest absolute Gasteiger partial charge is 0.496 e. The number of ether oxygens (including phenoxy) is 1. The summed E-state index contributed by atoms with van der Waals surface area (Å²) in [6.07, 6.45) is 0. The van der Waals surface area contributed by atoms with E-state index in [1.54, 1.807) is 13.2 Å². The molecule has 1 unspecified atom stereocenters. The van der Waals surface area contributed by atoms with Gasteiger partial charge in [0, 0.05) is 0 Å². The van der Waals surface area contributed by atoms with Crippen molar-refractivity contribution in [3.8, 4) is 5.75 Å². The van der Waals surface area contributed by atoms with Crippen LogP contribution in [0, 0.1) is 12.7 Å². The van der Waals surface area contributed by atoms with Crippen LogP contribution in [0.4, 0.5) is 4.39 Å². The van der Waals surface area contributed by atoms with E-state index in [1.165, 1.54) is 6.07 Å². The Hall–Kier alpha value is -1.58. The summed E-state index contributed by atoms with van der Waals surface area (Å²) in [6, 6.07) is 10.8. The lowest BCUT2D eigenvalue weighted by molar-refractivity contribution is 0.411. The predicted molar refractivity (Wildman–Crippen MR) is 84.7 cm³/mol. The third-order valence-electron chi connectivity index (χ3n) is 3.44. The second-order valence-corrected chi connectivity index (χ2v) is 5.30. The molecule has 0 aliphatic rings. The molecule has 0 aromatic heterocycles. The highest BCUT2D eigenvalue weighted by Crippen LogP contribution is 2.28. The number of aryl methyl sites for hydroxylation is 1. The standard InChI is InChI=1S/C17H19ClFNO/c1-4-20-17(13-5-7-14(18)15(19)10-13)12-6-8-16(21-3)11(2)9-12/h5-10,17,20H,4H2,1-3H3. The number of hydrogen-bond acceptors (Lipinski definition) is 2. The Morgan fingerprint density at radius 2 is 1.86 bits per heavy atom. The third-order valence-corrected chi connectivity index (χ3v) is 3.74. The second kappa shape index (κ2) is 6.92. The minimum Gasteiger partial charge on any atom is -0.496 e. The smallest absolute Gasteiger partial charge is 0.142 e. The summed E-state index contributed by atoms with van der Waals surface area (Å²) in [5.41, 5.74) is 2.97. The van der Waals surface area contributed by atoms with Crippen molar-refractivity contribution >= 4 is 11.6 Å². The van der Waals surface area contributed by atoms with Gasteiger partial charge in [-0.1, -0.05) is 36.7 Å². The van der Waals surface area contributed by atoms with Crippen molar-refractivity contribution in [2.45, 2.75) is 19.9 Å². The lowest BCUT2D eigenvalue weighted by atomic mass is 9.97. The van der Waals surface area contributed by atoms with E-state index in [-0.39, 0.29) is 11.1 Å². The maximum Gasteiger partial charge on any atom is 0.142 e. The van der Waals surface area contributed by atoms with Crippen LogP contribution in [0.1, 0.15) is 29.7 Å². The molecule has 0 aliphatic carbocycles. The molecule has 0 spiro atoms. The van der Waals surface area contributed by atoms with E-state index in [0.29, 0.717) is 0 Å². The van der Waals surface area contributed by atoms with Gasteiger partial charge in [0.15, 0.2) is 0 Å². The zero-order valence-electron chi connectivity index (χ0n) is 12.4. The fourth-order valence-electron chi connectivity index (χ4n) is 2.41. The maximum atomic E-state index is 13.7. The highest BCUT2D eigenvalue weighted by Gasteiger charge is 2.15. The highest BCUT2D eigenvalue weighted by atomic mass is 35.5. The van der Waals surface area contributed by atoms with Crippen molar-refractivity contribution in [3.05, 3.63) is 63.9 Å². The van der Waals surface area contributed by atoms with Crippen LogP contribution >= 0.6 is 11.6 Å². The zero-order chi connectivity index (χ0) is 15.4. The quantitative estimate of drug-likeness (QED) is 0.878. The predicted octanol–water partition coefficient (Wildman–Crippen LogP) is 4.50. The van der Waals surface area contributed by atoms with Crippen molar-refractivity contribution in [1.82, 2.24) is 5.32 Å². The summed E-state index contributed by atoms with van der Waals surface area (Å²) < 4.78 is 19.0. The molecule has 0 bridgehead atoms. The first kappa shape index (κ1) is 15.8. The molecule has 21 heavy (non-hydrogen) atoms. The van der Waals surface area contributed by atoms with Crippen LogP contribution < -0.4 is 10.1 Å². The minimum atomic E-state index is -0.401. The van der Waals surface area contributed by atoms with Crippen LogP contribution in [0.3, 0.4) is 0 Å². The van der Waals surface area contributed by atoms with Gasteiger partial charge < -0.3 is 10.1 Å². The van der Waals surface area contributed by atoms with Crippen molar-refractivity contribution < 1.29 is 9.13 Å². The van der Waals surface area contributed by atoms with Gasteiger partial charge in [0.2, 0.25) is 0 Å². The van der Waals surface area contributed by atoms with Crippen LogP contribution in [-0.4, -0.2) is 13.7 Å². The molecule has 2 rings (SSSR count). The molecule has 1 N–H and O–H groups in total. The van der Waals surface area contributed by atoms with Gasteiger partial charge in [0.1, 0.15) is 11.6 Å². The monoisotopic (exact) mass is 307 g/mol. The molecule has 0 heterocycles. The molecule has 0 aliphatic heterocycles. The fourth-order valence-corrected chi connectivity index (χ4v) is 2.52. The molecular weight excluding hydrogens is 289 g/mol. The van der Waals surface area contributed by atoms with E-state index in [0.717, 1.165) is 29.0 Å². The van der Waals surface area contributed by atoms with Gasteiger partial charge in [0.05, 0.1) is 18.2 Å². The van der Waals surface area contributed by atoms with Crippen LogP contribution in [0.15, 0.2) is 36.4 Å². The average molecular weight is 308 g/mol. The molecule has 0 radical (unpaired) electrons. The first-order valence-electron chi connectivity index (χ1n) is 6.89. The zero-order valence-corrected chi connectivity index (χ0v) is 13.2. The van der Waals surface area contributed by atoms with Crippen molar-refractivity contribution in [2.24, 2.45) is 0 Å². The van der Waals surface area contributed by atoms with E-state index < -0.39 is 5.82 Å². The lowest BCUT2D eigenvalue weighted by Gasteiger charge is -2.20. The van der Waals surface area contributed by atoms with Gasteiger partial charge in [-0.2, -0.15) is 0 Å². The van der Waals surface area contributed by atoms with Crippen molar-refractivity contribution in [2.75, 3.05) is 13.7 Å². The number of hydrogen-bond donors (Lipinski definition) is 1. The summed E-state index contributed by atoms with van der Waals surface area (Å²) in [7, 11) is 1.65. The van der Waals surface area contributed by atoms with Crippen molar-refractivity contribution in [3.63, 3.8) is 0 Å². The van der Waals surface area contributed by atoms with E-state index in [1.807, 2.05) is 32.0 Å². The number of nitrogens with one attached hydrogen (secondary N) is 1. The SMILES string of the molecule is CCNC(c1ccc(OC)c(C)c1)c1ccc(Cl)c(F)c1. The minimum absolute atomic E-state index is 0.0774. The molecule has 0 fully saturated rings. The van der Waals surface area contributed by atoms with Gasteiger partial charge in [-0.3, -0.25) is 0 Å². The molecule has 0 amide bonds. The normalized spacial score (nSPS) is 12.2. The number of benzene rings is 2. The molecule has 2 nitrogen and oxygen atoms in total. The van der Waals surface area contributed by atoms with Crippen LogP contribution in [0.25, 0.3) is 0 Å². The summed E-state index contributed by atoms with van der Waals surface area (Å²) in [4.78, 5) is 0. The Labute approximate surface area is 129 Å². The van der Waals surface area contributed by atoms with E-state index >= 15 is 0 Å². The molecule has 112 valence electrons. The summed E-state index contributed by atoms with van der Waals surface area (Å²) in [5.74, 6) is 0.443. The van der Waals surface area contributed by atoms with Gasteiger partial charge >= 0.3 is 0 Å². The highest BCUT2D eigenvalue weighted by molar-refractivity contribution is 6.30. The van der Waals surface area contributed by atoms with E-state index in [4.69, 9.17) is 16.3 Å². The maximum absolute atomic E-state index is 13.7. The average Bonchev–Trinajstić information content (AvgIpc) is 2.48. The van der Waals surface area contributed by atoms with Gasteiger partial charge in [-0.05, 0) is 48.4 Å². The van der Waals surface area contributed by atoms with E-state index in [9.17, 15) is 4.39 Å². The molecule has 0 saturated carbocycles.